The summed E-state index contributed by atoms with van der Waals surface area (Å²) in [6, 6.07) is 167. The van der Waals surface area contributed by atoms with Crippen LogP contribution in [0.15, 0.2) is 470 Å². The van der Waals surface area contributed by atoms with Crippen molar-refractivity contribution < 1.29 is 8.83 Å². The Labute approximate surface area is 726 Å². The molecule has 4 heteroatoms. The Kier molecular flexibility index (Phi) is 18.2. The maximum absolute atomic E-state index is 6.17. The van der Waals surface area contributed by atoms with Crippen LogP contribution in [0.25, 0.3) is 187 Å². The van der Waals surface area contributed by atoms with Gasteiger partial charge >= 0.3 is 0 Å². The van der Waals surface area contributed by atoms with Gasteiger partial charge in [0.2, 0.25) is 0 Å². The van der Waals surface area contributed by atoms with Gasteiger partial charge in [0.1, 0.15) is 22.3 Å². The minimum atomic E-state index is -0.226. The molecule has 0 fully saturated rings. The Balaban J connectivity index is 0.000000144. The first-order valence-electron chi connectivity index (χ1n) is 43.0. The highest BCUT2D eigenvalue weighted by molar-refractivity contribution is 6.16. The van der Waals surface area contributed by atoms with Gasteiger partial charge in [0, 0.05) is 60.8 Å². The standard InChI is InChI=1S/C62H41NO.C59H41NO/c1-3-9-42(10-4-1)44-15-19-46(20-16-44)48-25-31-54(32-26-48)63(55-33-27-49(28-34-55)47-21-17-45(18-22-47)43-11-5-2-6-12-43)56-35-37-58-53(40-56)24-23-52-39-50(29-36-57(52)58)51-30-38-62-60(41-51)59-13-7-8-14-61(59)64-62;1-59(2)54-35-43(42-27-33-58-53(34-42)52-18-10-11-19-57(52)61-58)26-31-49(54)50-32-30-46(37-55(50)59)60(56-36-44-14-6-7-15-47(44)48-16-8-9-17-51(48)56)45-28-24-41(25-29-45)40-22-20-39(21-23-40)38-12-4-3-5-13-38/h1-41H;3-37H,1-2H3. The first-order valence-corrected chi connectivity index (χ1v) is 43.0. The third-order valence-corrected chi connectivity index (χ3v) is 25.8. The largest absolute Gasteiger partial charge is 0.456 e. The summed E-state index contributed by atoms with van der Waals surface area (Å²) in [5.41, 5.74) is 34.6. The van der Waals surface area contributed by atoms with Crippen molar-refractivity contribution in [3.8, 4) is 100 Å². The molecule has 4 nitrogen and oxygen atoms in total. The predicted octanol–water partition coefficient (Wildman–Crippen LogP) is 34.4. The van der Waals surface area contributed by atoms with E-state index in [1.165, 1.54) is 154 Å². The molecular formula is C121H82N2O2. The molecule has 588 valence electrons. The number of fused-ring (bicyclic) bond motifs is 15. The number of rotatable bonds is 14. The maximum Gasteiger partial charge on any atom is 0.135 e. The molecule has 24 rings (SSSR count). The van der Waals surface area contributed by atoms with Crippen molar-refractivity contribution >= 4 is 121 Å². The van der Waals surface area contributed by atoms with E-state index in [4.69, 9.17) is 8.83 Å². The highest BCUT2D eigenvalue weighted by Crippen LogP contribution is 2.54. The zero-order valence-corrected chi connectivity index (χ0v) is 69.1. The van der Waals surface area contributed by atoms with Crippen molar-refractivity contribution in [1.29, 1.82) is 0 Å². The summed E-state index contributed by atoms with van der Waals surface area (Å²) in [6.07, 6.45) is 0. The summed E-state index contributed by atoms with van der Waals surface area (Å²) in [7, 11) is 0. The second-order valence-electron chi connectivity index (χ2n) is 33.4. The minimum Gasteiger partial charge on any atom is -0.456 e. The third-order valence-electron chi connectivity index (χ3n) is 25.8. The quantitative estimate of drug-likeness (QED) is 0.102. The van der Waals surface area contributed by atoms with Gasteiger partial charge in [0.15, 0.2) is 0 Å². The normalized spacial score (nSPS) is 12.1. The molecule has 21 aromatic carbocycles. The second-order valence-corrected chi connectivity index (χ2v) is 33.4. The van der Waals surface area contributed by atoms with E-state index in [1.54, 1.807) is 0 Å². The van der Waals surface area contributed by atoms with Gasteiger partial charge in [-0.15, -0.1) is 0 Å². The van der Waals surface area contributed by atoms with Gasteiger partial charge < -0.3 is 18.6 Å². The molecule has 1 aliphatic rings. The van der Waals surface area contributed by atoms with Crippen molar-refractivity contribution in [2.45, 2.75) is 19.3 Å². The minimum absolute atomic E-state index is 0.226. The van der Waals surface area contributed by atoms with Crippen LogP contribution in [0.4, 0.5) is 34.1 Å². The van der Waals surface area contributed by atoms with Crippen molar-refractivity contribution in [1.82, 2.24) is 0 Å². The summed E-state index contributed by atoms with van der Waals surface area (Å²) in [4.78, 5) is 4.83. The highest BCUT2D eigenvalue weighted by Gasteiger charge is 2.37. The molecule has 0 N–H and O–H groups in total. The van der Waals surface area contributed by atoms with Crippen LogP contribution < -0.4 is 9.80 Å². The Morgan fingerprint density at radius 3 is 0.936 bits per heavy atom. The fourth-order valence-electron chi connectivity index (χ4n) is 19.2. The molecule has 0 saturated carbocycles. The summed E-state index contributed by atoms with van der Waals surface area (Å²) >= 11 is 0. The predicted molar refractivity (Wildman–Crippen MR) is 528 cm³/mol. The molecule has 0 bridgehead atoms. The topological polar surface area (TPSA) is 32.8 Å². The van der Waals surface area contributed by atoms with E-state index in [1.807, 2.05) is 24.3 Å². The number of hydrogen-bond donors (Lipinski definition) is 0. The lowest BCUT2D eigenvalue weighted by Gasteiger charge is -2.29. The summed E-state index contributed by atoms with van der Waals surface area (Å²) in [5.74, 6) is 0. The second kappa shape index (κ2) is 30.8. The third kappa shape index (κ3) is 13.5. The smallest absolute Gasteiger partial charge is 0.135 e. The van der Waals surface area contributed by atoms with Gasteiger partial charge in [-0.05, 0) is 264 Å². The molecule has 1 aliphatic carbocycles. The van der Waals surface area contributed by atoms with Crippen LogP contribution >= 0.6 is 0 Å². The number of nitrogens with zero attached hydrogens (tertiary/aromatic N) is 2. The van der Waals surface area contributed by atoms with Crippen LogP contribution in [-0.2, 0) is 5.41 Å². The SMILES string of the molecule is CC1(C)c2cc(-c3ccc4oc5ccccc5c4c3)ccc2-c2ccc(N(c3ccc(-c4ccc(-c5ccccc5)cc4)cc3)c3cc4ccccc4c4ccccc34)cc21.c1ccc(-c2ccc(-c3ccc(N(c4ccc(-c5ccc(-c6ccccc6)cc5)cc4)c4ccc5c(ccc6cc(-c7ccc8oc9ccccc9c8c7)ccc65)c4)cc3)cc2)cc1. The number of furan rings is 2. The Bertz CT molecular complexity index is 7930. The summed E-state index contributed by atoms with van der Waals surface area (Å²) in [6.45, 7) is 4.76. The average Bonchev–Trinajstić information content (AvgIpc) is 1.58. The zero-order chi connectivity index (χ0) is 83.1. The van der Waals surface area contributed by atoms with Crippen LogP contribution in [0.3, 0.4) is 0 Å². The molecule has 2 heterocycles. The molecular weight excluding hydrogens is 1510 g/mol. The molecule has 0 amide bonds. The fraction of sp³-hybridized carbons (Fsp3) is 0.0248. The van der Waals surface area contributed by atoms with Gasteiger partial charge in [-0.25, -0.2) is 0 Å². The van der Waals surface area contributed by atoms with Crippen LogP contribution in [-0.4, -0.2) is 0 Å². The van der Waals surface area contributed by atoms with Gasteiger partial charge in [0.05, 0.1) is 5.69 Å². The van der Waals surface area contributed by atoms with Crippen LogP contribution in [0, 0.1) is 0 Å². The van der Waals surface area contributed by atoms with E-state index in [2.05, 4.69) is 460 Å². The van der Waals surface area contributed by atoms with Gasteiger partial charge in [-0.1, -0.05) is 360 Å². The van der Waals surface area contributed by atoms with E-state index in [0.717, 1.165) is 78.0 Å². The molecule has 23 aromatic rings. The van der Waals surface area contributed by atoms with Gasteiger partial charge in [-0.2, -0.15) is 0 Å². The van der Waals surface area contributed by atoms with Gasteiger partial charge in [0.25, 0.3) is 0 Å². The lowest BCUT2D eigenvalue weighted by atomic mass is 9.81. The first-order chi connectivity index (χ1) is 61.7. The average molecular weight is 1600 g/mol. The molecule has 0 atom stereocenters. The molecule has 0 aliphatic heterocycles. The molecule has 0 saturated heterocycles. The monoisotopic (exact) mass is 1590 g/mol. The van der Waals surface area contributed by atoms with Crippen molar-refractivity contribution in [3.05, 3.63) is 472 Å². The van der Waals surface area contributed by atoms with Crippen LogP contribution in [0.1, 0.15) is 25.0 Å². The Morgan fingerprint density at radius 2 is 0.456 bits per heavy atom. The van der Waals surface area contributed by atoms with E-state index in [9.17, 15) is 0 Å². The lowest BCUT2D eigenvalue weighted by molar-refractivity contribution is 0.660. The maximum atomic E-state index is 6.17. The fourth-order valence-corrected chi connectivity index (χ4v) is 19.2. The lowest BCUT2D eigenvalue weighted by Crippen LogP contribution is -2.17. The van der Waals surface area contributed by atoms with E-state index in [-0.39, 0.29) is 5.41 Å². The van der Waals surface area contributed by atoms with Crippen molar-refractivity contribution in [3.63, 3.8) is 0 Å². The Hall–Kier alpha value is -16.1. The highest BCUT2D eigenvalue weighted by atomic mass is 16.3. The van der Waals surface area contributed by atoms with Gasteiger partial charge in [-0.3, -0.25) is 0 Å². The molecule has 0 unspecified atom stereocenters. The number of para-hydroxylation sites is 2. The van der Waals surface area contributed by atoms with Crippen molar-refractivity contribution in [2.75, 3.05) is 9.80 Å². The zero-order valence-electron chi connectivity index (χ0n) is 69.1. The first kappa shape index (κ1) is 74.0. The summed E-state index contributed by atoms with van der Waals surface area (Å²) < 4.78 is 12.3. The molecule has 0 radical (unpaired) electrons. The molecule has 0 spiro atoms. The van der Waals surface area contributed by atoms with E-state index >= 15 is 0 Å². The summed E-state index contributed by atoms with van der Waals surface area (Å²) in [5, 5.41) is 14.4. The number of anilines is 6. The number of benzene rings is 21. The van der Waals surface area contributed by atoms with Crippen LogP contribution in [0.2, 0.25) is 0 Å². The molecule has 125 heavy (non-hydrogen) atoms. The van der Waals surface area contributed by atoms with Crippen molar-refractivity contribution in [2.24, 2.45) is 0 Å². The van der Waals surface area contributed by atoms with Crippen LogP contribution in [0.5, 0.6) is 0 Å². The number of hydrogen-bond acceptors (Lipinski definition) is 4. The Morgan fingerprint density at radius 1 is 0.168 bits per heavy atom. The van der Waals surface area contributed by atoms with E-state index < -0.39 is 0 Å². The molecule has 2 aromatic heterocycles. The van der Waals surface area contributed by atoms with E-state index in [0.29, 0.717) is 0 Å².